The SMILES string of the molecule is CC(C)NC(=O)C12CCC(C)(c3nc4ccc([N+](=O)[O-])cc4nc31)C2(C)C. The van der Waals surface area contributed by atoms with Crippen LogP contribution in [0.25, 0.3) is 11.0 Å². The Morgan fingerprint density at radius 2 is 1.81 bits per heavy atom. The molecule has 1 N–H and O–H groups in total. The van der Waals surface area contributed by atoms with Gasteiger partial charge in [0.05, 0.1) is 32.8 Å². The Labute approximate surface area is 157 Å². The second-order valence-electron chi connectivity index (χ2n) is 8.84. The van der Waals surface area contributed by atoms with Crippen molar-refractivity contribution in [3.05, 3.63) is 39.7 Å². The molecule has 1 amide bonds. The third kappa shape index (κ3) is 2.00. The summed E-state index contributed by atoms with van der Waals surface area (Å²) in [5.74, 6) is -0.0240. The largest absolute Gasteiger partial charge is 0.353 e. The summed E-state index contributed by atoms with van der Waals surface area (Å²) in [6, 6.07) is 4.56. The number of fused-ring (bicyclic) bond motifs is 6. The van der Waals surface area contributed by atoms with Crippen LogP contribution in [0.5, 0.6) is 0 Å². The zero-order valence-corrected chi connectivity index (χ0v) is 16.3. The van der Waals surface area contributed by atoms with Crippen molar-refractivity contribution in [2.75, 3.05) is 0 Å². The van der Waals surface area contributed by atoms with E-state index in [1.165, 1.54) is 12.1 Å². The molecule has 0 radical (unpaired) electrons. The number of non-ortho nitro benzene ring substituents is 1. The van der Waals surface area contributed by atoms with Gasteiger partial charge in [-0.1, -0.05) is 20.8 Å². The number of carbonyl (C=O) groups excluding carboxylic acids is 1. The molecule has 0 aliphatic heterocycles. The van der Waals surface area contributed by atoms with Gasteiger partial charge in [0.15, 0.2) is 0 Å². The molecule has 2 aliphatic carbocycles. The summed E-state index contributed by atoms with van der Waals surface area (Å²) in [7, 11) is 0. The third-order valence-corrected chi connectivity index (χ3v) is 7.04. The van der Waals surface area contributed by atoms with Gasteiger partial charge in [0.1, 0.15) is 0 Å². The molecule has 142 valence electrons. The van der Waals surface area contributed by atoms with Crippen LogP contribution in [0, 0.1) is 15.5 Å². The number of hydrogen-bond acceptors (Lipinski definition) is 5. The van der Waals surface area contributed by atoms with Gasteiger partial charge in [-0.05, 0) is 38.2 Å². The molecule has 27 heavy (non-hydrogen) atoms. The predicted octanol–water partition coefficient (Wildman–Crippen LogP) is 3.39. The van der Waals surface area contributed by atoms with E-state index in [4.69, 9.17) is 9.97 Å². The summed E-state index contributed by atoms with van der Waals surface area (Å²) in [5.41, 5.74) is 1.23. The van der Waals surface area contributed by atoms with E-state index in [0.717, 1.165) is 12.1 Å². The second-order valence-corrected chi connectivity index (χ2v) is 8.84. The Balaban J connectivity index is 2.00. The summed E-state index contributed by atoms with van der Waals surface area (Å²) in [4.78, 5) is 33.7. The first kappa shape index (κ1) is 17.8. The monoisotopic (exact) mass is 368 g/mol. The first-order valence-corrected chi connectivity index (χ1v) is 9.33. The topological polar surface area (TPSA) is 98.0 Å². The molecule has 1 fully saturated rings. The van der Waals surface area contributed by atoms with Gasteiger partial charge in [-0.25, -0.2) is 9.97 Å². The highest BCUT2D eigenvalue weighted by molar-refractivity contribution is 5.93. The van der Waals surface area contributed by atoms with Crippen LogP contribution < -0.4 is 5.32 Å². The maximum Gasteiger partial charge on any atom is 0.271 e. The molecule has 2 aliphatic rings. The van der Waals surface area contributed by atoms with E-state index in [2.05, 4.69) is 26.1 Å². The Morgan fingerprint density at radius 3 is 2.44 bits per heavy atom. The van der Waals surface area contributed by atoms with Crippen molar-refractivity contribution >= 4 is 22.6 Å². The fourth-order valence-electron chi connectivity index (χ4n) is 5.09. The molecule has 2 aromatic rings. The lowest BCUT2D eigenvalue weighted by atomic mass is 9.63. The minimum Gasteiger partial charge on any atom is -0.353 e. The number of aromatic nitrogens is 2. The van der Waals surface area contributed by atoms with E-state index in [-0.39, 0.29) is 28.5 Å². The quantitative estimate of drug-likeness (QED) is 0.661. The second kappa shape index (κ2) is 5.24. The zero-order chi connectivity index (χ0) is 19.8. The van der Waals surface area contributed by atoms with Gasteiger partial charge in [-0.15, -0.1) is 0 Å². The minimum absolute atomic E-state index is 0.0214. The van der Waals surface area contributed by atoms with Crippen molar-refractivity contribution in [1.29, 1.82) is 0 Å². The fourth-order valence-corrected chi connectivity index (χ4v) is 5.09. The maximum atomic E-state index is 13.4. The van der Waals surface area contributed by atoms with Crippen molar-refractivity contribution in [2.45, 2.75) is 64.3 Å². The number of nitrogens with zero attached hydrogens (tertiary/aromatic N) is 3. The highest BCUT2D eigenvalue weighted by Crippen LogP contribution is 2.70. The molecule has 0 spiro atoms. The number of nitrogens with one attached hydrogen (secondary N) is 1. The number of hydrogen-bond donors (Lipinski definition) is 1. The van der Waals surface area contributed by atoms with E-state index in [1.54, 1.807) is 6.07 Å². The number of nitro benzene ring substituents is 1. The van der Waals surface area contributed by atoms with E-state index >= 15 is 0 Å². The third-order valence-electron chi connectivity index (χ3n) is 7.04. The number of rotatable bonds is 3. The minimum atomic E-state index is -0.771. The van der Waals surface area contributed by atoms with Crippen LogP contribution in [0.4, 0.5) is 5.69 Å². The number of nitro groups is 1. The summed E-state index contributed by atoms with van der Waals surface area (Å²) in [6.45, 7) is 10.3. The van der Waals surface area contributed by atoms with E-state index < -0.39 is 10.3 Å². The van der Waals surface area contributed by atoms with E-state index in [0.29, 0.717) is 23.1 Å². The summed E-state index contributed by atoms with van der Waals surface area (Å²) in [5, 5.41) is 14.2. The lowest BCUT2D eigenvalue weighted by molar-refractivity contribution is -0.384. The average molecular weight is 368 g/mol. The highest BCUT2D eigenvalue weighted by Gasteiger charge is 2.73. The van der Waals surface area contributed by atoms with Crippen LogP contribution in [0.15, 0.2) is 18.2 Å². The fraction of sp³-hybridized carbons (Fsp3) is 0.550. The molecule has 1 aromatic carbocycles. The first-order valence-electron chi connectivity index (χ1n) is 9.33. The summed E-state index contributed by atoms with van der Waals surface area (Å²) in [6.07, 6.45) is 1.57. The lowest BCUT2D eigenvalue weighted by Gasteiger charge is -2.39. The van der Waals surface area contributed by atoms with Crippen LogP contribution in [0.1, 0.15) is 58.8 Å². The van der Waals surface area contributed by atoms with Gasteiger partial charge in [0, 0.05) is 23.6 Å². The van der Waals surface area contributed by atoms with Crippen LogP contribution in [0.3, 0.4) is 0 Å². The Bertz CT molecular complexity index is 1000. The van der Waals surface area contributed by atoms with Gasteiger partial charge < -0.3 is 5.32 Å². The van der Waals surface area contributed by atoms with Crippen molar-refractivity contribution in [3.8, 4) is 0 Å². The number of carbonyl (C=O) groups is 1. The highest BCUT2D eigenvalue weighted by atomic mass is 16.6. The van der Waals surface area contributed by atoms with E-state index in [1.807, 2.05) is 13.8 Å². The van der Waals surface area contributed by atoms with Crippen molar-refractivity contribution in [2.24, 2.45) is 5.41 Å². The van der Waals surface area contributed by atoms with Gasteiger partial charge in [-0.2, -0.15) is 0 Å². The smallest absolute Gasteiger partial charge is 0.271 e. The normalized spacial score (nSPS) is 27.8. The van der Waals surface area contributed by atoms with Crippen molar-refractivity contribution in [1.82, 2.24) is 15.3 Å². The molecular weight excluding hydrogens is 344 g/mol. The molecule has 1 aromatic heterocycles. The molecule has 0 saturated heterocycles. The number of amides is 1. The molecule has 2 atom stereocenters. The molecule has 7 nitrogen and oxygen atoms in total. The van der Waals surface area contributed by atoms with E-state index in [9.17, 15) is 14.9 Å². The van der Waals surface area contributed by atoms with Crippen molar-refractivity contribution in [3.63, 3.8) is 0 Å². The molecule has 1 heterocycles. The average Bonchev–Trinajstić information content (AvgIpc) is 2.88. The molecule has 2 bridgehead atoms. The predicted molar refractivity (Wildman–Crippen MR) is 102 cm³/mol. The van der Waals surface area contributed by atoms with Gasteiger partial charge in [0.25, 0.3) is 5.69 Å². The molecular formula is C20H24N4O3. The summed E-state index contributed by atoms with van der Waals surface area (Å²) < 4.78 is 0. The Hall–Kier alpha value is -2.57. The molecule has 7 heteroatoms. The van der Waals surface area contributed by atoms with Crippen LogP contribution in [-0.4, -0.2) is 26.8 Å². The standard InChI is InChI=1S/C20H24N4O3/c1-11(2)21-17(25)20-9-8-19(5,18(20,3)4)15-16(20)23-14-10-12(24(26)27)6-7-13(14)22-15/h6-7,10-11H,8-9H2,1-5H3,(H,21,25). The maximum absolute atomic E-state index is 13.4. The van der Waals surface area contributed by atoms with Gasteiger partial charge in [-0.3, -0.25) is 14.9 Å². The van der Waals surface area contributed by atoms with Gasteiger partial charge >= 0.3 is 0 Å². The first-order chi connectivity index (χ1) is 12.5. The van der Waals surface area contributed by atoms with Crippen LogP contribution in [-0.2, 0) is 15.6 Å². The van der Waals surface area contributed by atoms with Crippen molar-refractivity contribution < 1.29 is 9.72 Å². The van der Waals surface area contributed by atoms with Crippen LogP contribution in [0.2, 0.25) is 0 Å². The Kier molecular flexibility index (Phi) is 3.46. The number of benzene rings is 1. The molecule has 1 saturated carbocycles. The summed E-state index contributed by atoms with van der Waals surface area (Å²) >= 11 is 0. The molecule has 2 unspecified atom stereocenters. The Morgan fingerprint density at radius 1 is 1.15 bits per heavy atom. The van der Waals surface area contributed by atoms with Crippen LogP contribution >= 0.6 is 0 Å². The zero-order valence-electron chi connectivity index (χ0n) is 16.3. The molecule has 4 rings (SSSR count). The van der Waals surface area contributed by atoms with Gasteiger partial charge in [0.2, 0.25) is 5.91 Å². The lowest BCUT2D eigenvalue weighted by Crippen LogP contribution is -2.52.